The second kappa shape index (κ2) is 4.22. The summed E-state index contributed by atoms with van der Waals surface area (Å²) in [5.74, 6) is 0. The number of benzene rings is 1. The summed E-state index contributed by atoms with van der Waals surface area (Å²) in [5, 5.41) is 0. The van der Waals surface area contributed by atoms with E-state index >= 15 is 0 Å². The molecule has 70 valence electrons. The van der Waals surface area contributed by atoms with E-state index in [2.05, 4.69) is 37.0 Å². The van der Waals surface area contributed by atoms with E-state index in [1.807, 2.05) is 13.8 Å². The van der Waals surface area contributed by atoms with Gasteiger partial charge in [0.2, 0.25) is 0 Å². The fourth-order valence-corrected chi connectivity index (χ4v) is 1.39. The molecule has 0 saturated heterocycles. The van der Waals surface area contributed by atoms with Gasteiger partial charge in [-0.1, -0.05) is 25.1 Å². The molecule has 0 fully saturated rings. The molecule has 0 N–H and O–H groups in total. The van der Waals surface area contributed by atoms with Crippen LogP contribution in [0.4, 0.5) is 5.69 Å². The van der Waals surface area contributed by atoms with Crippen molar-refractivity contribution in [3.8, 4) is 0 Å². The van der Waals surface area contributed by atoms with E-state index < -0.39 is 0 Å². The number of hydrogen-bond acceptors (Lipinski definition) is 1. The number of aliphatic imine (C=N–C) groups is 1. The minimum Gasteiger partial charge on any atom is -0.258 e. The molecule has 0 spiro atoms. The monoisotopic (exact) mass is 175 g/mol. The lowest BCUT2D eigenvalue weighted by molar-refractivity contribution is 1.12. The van der Waals surface area contributed by atoms with Crippen molar-refractivity contribution < 1.29 is 0 Å². The Bertz CT molecular complexity index is 320. The normalized spacial score (nSPS) is 9.85. The topological polar surface area (TPSA) is 12.4 Å². The van der Waals surface area contributed by atoms with E-state index in [-0.39, 0.29) is 0 Å². The summed E-state index contributed by atoms with van der Waals surface area (Å²) in [7, 11) is 0. The molecule has 1 aromatic rings. The Hall–Kier alpha value is -1.11. The van der Waals surface area contributed by atoms with Crippen molar-refractivity contribution in [1.29, 1.82) is 0 Å². The van der Waals surface area contributed by atoms with Gasteiger partial charge in [-0.25, -0.2) is 0 Å². The van der Waals surface area contributed by atoms with Crippen LogP contribution < -0.4 is 0 Å². The van der Waals surface area contributed by atoms with Gasteiger partial charge in [0.05, 0.1) is 5.69 Å². The van der Waals surface area contributed by atoms with E-state index in [1.165, 1.54) is 11.1 Å². The second-order valence-electron chi connectivity index (χ2n) is 3.50. The van der Waals surface area contributed by atoms with Crippen molar-refractivity contribution in [3.63, 3.8) is 0 Å². The first-order valence-corrected chi connectivity index (χ1v) is 4.75. The van der Waals surface area contributed by atoms with Crippen LogP contribution in [0.1, 0.15) is 31.9 Å². The first-order valence-electron chi connectivity index (χ1n) is 4.75. The molecular weight excluding hydrogens is 158 g/mol. The molecule has 0 unspecified atom stereocenters. The molecule has 1 rings (SSSR count). The van der Waals surface area contributed by atoms with Crippen LogP contribution in [0.5, 0.6) is 0 Å². The standard InChI is InChI=1S/C12H17N/c1-5-11-8-6-7-10(4)12(11)13-9(2)3/h6-8H,5H2,1-4H3. The smallest absolute Gasteiger partial charge is 0.0689 e. The van der Waals surface area contributed by atoms with Crippen LogP contribution in [0.25, 0.3) is 0 Å². The average molecular weight is 175 g/mol. The summed E-state index contributed by atoms with van der Waals surface area (Å²) < 4.78 is 0. The van der Waals surface area contributed by atoms with E-state index in [0.29, 0.717) is 0 Å². The van der Waals surface area contributed by atoms with Gasteiger partial charge in [-0.2, -0.15) is 0 Å². The number of hydrogen-bond donors (Lipinski definition) is 0. The molecule has 0 aromatic heterocycles. The van der Waals surface area contributed by atoms with Crippen LogP contribution >= 0.6 is 0 Å². The van der Waals surface area contributed by atoms with Crippen LogP contribution in [0, 0.1) is 6.92 Å². The molecule has 13 heavy (non-hydrogen) atoms. The number of para-hydroxylation sites is 1. The van der Waals surface area contributed by atoms with E-state index in [4.69, 9.17) is 0 Å². The minimum atomic E-state index is 1.05. The molecule has 0 aliphatic carbocycles. The molecule has 0 saturated carbocycles. The van der Waals surface area contributed by atoms with Crippen molar-refractivity contribution in [2.75, 3.05) is 0 Å². The highest BCUT2D eigenvalue weighted by Gasteiger charge is 2.01. The zero-order valence-electron chi connectivity index (χ0n) is 8.89. The summed E-state index contributed by atoms with van der Waals surface area (Å²) in [5.41, 5.74) is 4.87. The molecule has 1 heteroatoms. The number of aryl methyl sites for hydroxylation is 2. The maximum atomic E-state index is 4.55. The molecular formula is C12H17N. The Morgan fingerprint density at radius 2 is 2.00 bits per heavy atom. The van der Waals surface area contributed by atoms with E-state index in [1.54, 1.807) is 0 Å². The van der Waals surface area contributed by atoms with Gasteiger partial charge in [-0.3, -0.25) is 4.99 Å². The minimum absolute atomic E-state index is 1.05. The summed E-state index contributed by atoms with van der Waals surface area (Å²) in [6.45, 7) is 8.34. The van der Waals surface area contributed by atoms with Gasteiger partial charge in [0, 0.05) is 5.71 Å². The highest BCUT2D eigenvalue weighted by atomic mass is 14.7. The molecule has 0 atom stereocenters. The largest absolute Gasteiger partial charge is 0.258 e. The van der Waals surface area contributed by atoms with Crippen molar-refractivity contribution in [2.24, 2.45) is 4.99 Å². The van der Waals surface area contributed by atoms with Crippen molar-refractivity contribution in [2.45, 2.75) is 34.1 Å². The Kier molecular flexibility index (Phi) is 3.24. The van der Waals surface area contributed by atoms with Gasteiger partial charge in [-0.05, 0) is 38.3 Å². The lowest BCUT2D eigenvalue weighted by Gasteiger charge is -2.06. The Balaban J connectivity index is 3.23. The number of nitrogens with zero attached hydrogens (tertiary/aromatic N) is 1. The second-order valence-corrected chi connectivity index (χ2v) is 3.50. The first-order chi connectivity index (χ1) is 6.15. The predicted molar refractivity (Wildman–Crippen MR) is 59.0 cm³/mol. The number of rotatable bonds is 2. The highest BCUT2D eigenvalue weighted by molar-refractivity contribution is 5.83. The summed E-state index contributed by atoms with van der Waals surface area (Å²) >= 11 is 0. The van der Waals surface area contributed by atoms with Crippen molar-refractivity contribution >= 4 is 11.4 Å². The van der Waals surface area contributed by atoms with Crippen LogP contribution in [-0.4, -0.2) is 5.71 Å². The van der Waals surface area contributed by atoms with Crippen LogP contribution in [0.15, 0.2) is 23.2 Å². The molecule has 0 amide bonds. The molecule has 1 nitrogen and oxygen atoms in total. The Morgan fingerprint density at radius 3 is 2.54 bits per heavy atom. The average Bonchev–Trinajstić information content (AvgIpc) is 2.08. The van der Waals surface area contributed by atoms with E-state index in [9.17, 15) is 0 Å². The molecule has 0 bridgehead atoms. The first kappa shape index (κ1) is 9.97. The molecule has 0 aliphatic heterocycles. The zero-order valence-corrected chi connectivity index (χ0v) is 8.89. The van der Waals surface area contributed by atoms with E-state index in [0.717, 1.165) is 17.8 Å². The van der Waals surface area contributed by atoms with Crippen LogP contribution in [0.3, 0.4) is 0 Å². The molecule has 0 radical (unpaired) electrons. The van der Waals surface area contributed by atoms with Gasteiger partial charge in [-0.15, -0.1) is 0 Å². The molecule has 0 heterocycles. The Labute approximate surface area is 80.5 Å². The maximum absolute atomic E-state index is 4.55. The van der Waals surface area contributed by atoms with Crippen LogP contribution in [0.2, 0.25) is 0 Å². The summed E-state index contributed by atoms with van der Waals surface area (Å²) in [6.07, 6.45) is 1.05. The fourth-order valence-electron chi connectivity index (χ4n) is 1.39. The fraction of sp³-hybridized carbons (Fsp3) is 0.417. The maximum Gasteiger partial charge on any atom is 0.0689 e. The summed E-state index contributed by atoms with van der Waals surface area (Å²) in [4.78, 5) is 4.55. The van der Waals surface area contributed by atoms with Gasteiger partial charge < -0.3 is 0 Å². The lowest BCUT2D eigenvalue weighted by atomic mass is 10.1. The third-order valence-electron chi connectivity index (χ3n) is 2.04. The highest BCUT2D eigenvalue weighted by Crippen LogP contribution is 2.24. The molecule has 1 aromatic carbocycles. The third-order valence-corrected chi connectivity index (χ3v) is 2.04. The van der Waals surface area contributed by atoms with Crippen molar-refractivity contribution in [3.05, 3.63) is 29.3 Å². The van der Waals surface area contributed by atoms with Crippen LogP contribution in [-0.2, 0) is 6.42 Å². The van der Waals surface area contributed by atoms with Gasteiger partial charge in [0.25, 0.3) is 0 Å². The zero-order chi connectivity index (χ0) is 9.84. The van der Waals surface area contributed by atoms with Crippen molar-refractivity contribution in [1.82, 2.24) is 0 Å². The lowest BCUT2D eigenvalue weighted by Crippen LogP contribution is -1.87. The van der Waals surface area contributed by atoms with Gasteiger partial charge in [0.1, 0.15) is 0 Å². The predicted octanol–water partition coefficient (Wildman–Crippen LogP) is 3.67. The SMILES string of the molecule is CCc1cccc(C)c1N=C(C)C. The van der Waals surface area contributed by atoms with Gasteiger partial charge >= 0.3 is 0 Å². The quantitative estimate of drug-likeness (QED) is 0.608. The Morgan fingerprint density at radius 1 is 1.31 bits per heavy atom. The molecule has 0 aliphatic rings. The third kappa shape index (κ3) is 2.41. The van der Waals surface area contributed by atoms with Gasteiger partial charge in [0.15, 0.2) is 0 Å². The summed E-state index contributed by atoms with van der Waals surface area (Å²) in [6, 6.07) is 6.36.